The lowest BCUT2D eigenvalue weighted by molar-refractivity contribution is -0.0328. The Morgan fingerprint density at radius 1 is 1.10 bits per heavy atom. The van der Waals surface area contributed by atoms with Crippen LogP contribution in [-0.2, 0) is 0 Å². The summed E-state index contributed by atoms with van der Waals surface area (Å²) in [6.07, 6.45) is 2.18. The first-order valence-corrected chi connectivity index (χ1v) is 7.51. The van der Waals surface area contributed by atoms with Crippen LogP contribution >= 0.6 is 23.4 Å². The molecule has 0 bridgehead atoms. The van der Waals surface area contributed by atoms with Gasteiger partial charge in [0.05, 0.1) is 0 Å². The molecule has 3 rings (SSSR count). The minimum Gasteiger partial charge on any atom is -0.233 e. The number of aromatic nitrogens is 2. The highest BCUT2D eigenvalue weighted by molar-refractivity contribution is 8.00. The monoisotopic (exact) mass is 330 g/mol. The van der Waals surface area contributed by atoms with E-state index in [1.54, 1.807) is 18.2 Å². The van der Waals surface area contributed by atoms with Crippen LogP contribution < -0.4 is 0 Å². The summed E-state index contributed by atoms with van der Waals surface area (Å²) in [7, 11) is 0. The van der Waals surface area contributed by atoms with Gasteiger partial charge in [-0.25, -0.2) is 9.97 Å². The van der Waals surface area contributed by atoms with Gasteiger partial charge in [-0.15, -0.1) is 0 Å². The Bertz CT molecular complexity index is 654. The maximum absolute atomic E-state index is 12.3. The predicted octanol–water partition coefficient (Wildman–Crippen LogP) is 5.29. The second-order valence-corrected chi connectivity index (χ2v) is 6.31. The lowest BCUT2D eigenvalue weighted by Crippen LogP contribution is -1.99. The maximum Gasteiger partial charge on any atom is 0.446 e. The minimum atomic E-state index is -4.28. The SMILES string of the molecule is FC(F)(F)Sc1ccc(-c2nc(Cl)cc(C3CC3)n2)cc1. The number of alkyl halides is 3. The molecule has 0 saturated heterocycles. The molecule has 2 nitrogen and oxygen atoms in total. The summed E-state index contributed by atoms with van der Waals surface area (Å²) in [5.41, 5.74) is -2.72. The molecule has 1 aromatic carbocycles. The molecule has 0 amide bonds. The number of hydrogen-bond acceptors (Lipinski definition) is 3. The molecular formula is C14H10ClF3N2S. The average Bonchev–Trinajstić information content (AvgIpc) is 3.21. The van der Waals surface area contributed by atoms with Gasteiger partial charge in [0.25, 0.3) is 0 Å². The Kier molecular flexibility index (Phi) is 3.84. The summed E-state index contributed by atoms with van der Waals surface area (Å²) in [6, 6.07) is 7.73. The fraction of sp³-hybridized carbons (Fsp3) is 0.286. The van der Waals surface area contributed by atoms with Crippen molar-refractivity contribution in [2.24, 2.45) is 0 Å². The van der Waals surface area contributed by atoms with Crippen molar-refractivity contribution in [3.05, 3.63) is 41.2 Å². The Balaban J connectivity index is 1.86. The molecule has 1 heterocycles. The zero-order valence-electron chi connectivity index (χ0n) is 10.7. The van der Waals surface area contributed by atoms with E-state index in [0.717, 1.165) is 18.5 Å². The van der Waals surface area contributed by atoms with E-state index in [-0.39, 0.29) is 16.7 Å². The first-order chi connectivity index (χ1) is 9.90. The van der Waals surface area contributed by atoms with Gasteiger partial charge < -0.3 is 0 Å². The molecule has 0 unspecified atom stereocenters. The third-order valence-electron chi connectivity index (χ3n) is 3.06. The highest BCUT2D eigenvalue weighted by Gasteiger charge is 2.29. The standard InChI is InChI=1S/C14H10ClF3N2S/c15-12-7-11(8-1-2-8)19-13(20-12)9-3-5-10(6-4-9)21-14(16,17)18/h3-8H,1-2H2. The Morgan fingerprint density at radius 3 is 2.33 bits per heavy atom. The molecule has 1 aromatic heterocycles. The minimum absolute atomic E-state index is 0.135. The molecular weight excluding hydrogens is 321 g/mol. The molecule has 21 heavy (non-hydrogen) atoms. The van der Waals surface area contributed by atoms with Crippen molar-refractivity contribution < 1.29 is 13.2 Å². The number of rotatable bonds is 3. The van der Waals surface area contributed by atoms with Gasteiger partial charge in [-0.3, -0.25) is 0 Å². The van der Waals surface area contributed by atoms with Crippen molar-refractivity contribution in [3.8, 4) is 11.4 Å². The zero-order chi connectivity index (χ0) is 15.0. The van der Waals surface area contributed by atoms with Crippen molar-refractivity contribution in [1.29, 1.82) is 0 Å². The summed E-state index contributed by atoms with van der Waals surface area (Å²) in [6.45, 7) is 0. The highest BCUT2D eigenvalue weighted by Crippen LogP contribution is 2.40. The van der Waals surface area contributed by atoms with Crippen LogP contribution in [-0.4, -0.2) is 15.5 Å². The van der Waals surface area contributed by atoms with E-state index in [2.05, 4.69) is 9.97 Å². The van der Waals surface area contributed by atoms with Gasteiger partial charge in [-0.2, -0.15) is 13.2 Å². The number of hydrogen-bond donors (Lipinski definition) is 0. The molecule has 0 spiro atoms. The number of benzene rings is 1. The summed E-state index contributed by atoms with van der Waals surface area (Å²) in [5, 5.41) is 0.357. The second-order valence-electron chi connectivity index (χ2n) is 4.79. The molecule has 1 fully saturated rings. The molecule has 7 heteroatoms. The predicted molar refractivity (Wildman–Crippen MR) is 76.4 cm³/mol. The first-order valence-electron chi connectivity index (χ1n) is 6.31. The topological polar surface area (TPSA) is 25.8 Å². The summed E-state index contributed by atoms with van der Waals surface area (Å²) >= 11 is 5.85. The fourth-order valence-corrected chi connectivity index (χ4v) is 2.69. The lowest BCUT2D eigenvalue weighted by Gasteiger charge is -2.07. The summed E-state index contributed by atoms with van der Waals surface area (Å²) in [4.78, 5) is 8.72. The Labute approximate surface area is 128 Å². The Morgan fingerprint density at radius 2 is 1.76 bits per heavy atom. The lowest BCUT2D eigenvalue weighted by atomic mass is 10.2. The molecule has 0 N–H and O–H groups in total. The van der Waals surface area contributed by atoms with Gasteiger partial charge in [-0.05, 0) is 42.8 Å². The van der Waals surface area contributed by atoms with Gasteiger partial charge in [0, 0.05) is 22.1 Å². The van der Waals surface area contributed by atoms with Crippen molar-refractivity contribution >= 4 is 23.4 Å². The van der Waals surface area contributed by atoms with Crippen LogP contribution in [0.15, 0.2) is 35.2 Å². The third kappa shape index (κ3) is 3.89. The molecule has 1 aliphatic carbocycles. The zero-order valence-corrected chi connectivity index (χ0v) is 12.3. The smallest absolute Gasteiger partial charge is 0.233 e. The van der Waals surface area contributed by atoms with Gasteiger partial charge in [-0.1, -0.05) is 23.7 Å². The van der Waals surface area contributed by atoms with Crippen LogP contribution in [0.3, 0.4) is 0 Å². The van der Waals surface area contributed by atoms with E-state index in [1.165, 1.54) is 12.1 Å². The van der Waals surface area contributed by atoms with Gasteiger partial charge in [0.1, 0.15) is 5.15 Å². The molecule has 110 valence electrons. The van der Waals surface area contributed by atoms with E-state index >= 15 is 0 Å². The third-order valence-corrected chi connectivity index (χ3v) is 3.99. The van der Waals surface area contributed by atoms with Crippen LogP contribution in [0.1, 0.15) is 24.5 Å². The van der Waals surface area contributed by atoms with Crippen molar-refractivity contribution in [3.63, 3.8) is 0 Å². The summed E-state index contributed by atoms with van der Waals surface area (Å²) in [5.74, 6) is 0.886. The molecule has 1 aliphatic rings. The largest absolute Gasteiger partial charge is 0.446 e. The highest BCUT2D eigenvalue weighted by atomic mass is 35.5. The molecule has 0 radical (unpaired) electrons. The van der Waals surface area contributed by atoms with Crippen molar-refractivity contribution in [2.75, 3.05) is 0 Å². The second kappa shape index (κ2) is 5.50. The summed E-state index contributed by atoms with van der Waals surface area (Å²) < 4.78 is 36.9. The number of halogens is 4. The molecule has 1 saturated carbocycles. The quantitative estimate of drug-likeness (QED) is 0.565. The normalized spacial score (nSPS) is 15.2. The van der Waals surface area contributed by atoms with E-state index < -0.39 is 5.51 Å². The number of nitrogens with zero attached hydrogens (tertiary/aromatic N) is 2. The van der Waals surface area contributed by atoms with Gasteiger partial charge in [0.15, 0.2) is 5.82 Å². The van der Waals surface area contributed by atoms with E-state index in [9.17, 15) is 13.2 Å². The van der Waals surface area contributed by atoms with Crippen LogP contribution in [0.5, 0.6) is 0 Å². The van der Waals surface area contributed by atoms with Crippen molar-refractivity contribution in [2.45, 2.75) is 29.2 Å². The van der Waals surface area contributed by atoms with Crippen LogP contribution in [0.2, 0.25) is 5.15 Å². The molecule has 0 aliphatic heterocycles. The Hall–Kier alpha value is -1.27. The van der Waals surface area contributed by atoms with Gasteiger partial charge >= 0.3 is 5.51 Å². The number of thioether (sulfide) groups is 1. The van der Waals surface area contributed by atoms with Crippen molar-refractivity contribution in [1.82, 2.24) is 9.97 Å². The van der Waals surface area contributed by atoms with E-state index in [1.807, 2.05) is 0 Å². The molecule has 2 aromatic rings. The van der Waals surface area contributed by atoms with E-state index in [4.69, 9.17) is 11.6 Å². The maximum atomic E-state index is 12.3. The van der Waals surface area contributed by atoms with E-state index in [0.29, 0.717) is 22.5 Å². The first kappa shape index (κ1) is 14.7. The van der Waals surface area contributed by atoms with Gasteiger partial charge in [0.2, 0.25) is 0 Å². The fourth-order valence-electron chi connectivity index (χ4n) is 1.96. The van der Waals surface area contributed by atoms with Crippen LogP contribution in [0, 0.1) is 0 Å². The average molecular weight is 331 g/mol. The van der Waals surface area contributed by atoms with Crippen LogP contribution in [0.4, 0.5) is 13.2 Å². The van der Waals surface area contributed by atoms with Crippen LogP contribution in [0.25, 0.3) is 11.4 Å². The molecule has 0 atom stereocenters.